The predicted octanol–water partition coefficient (Wildman–Crippen LogP) is 5.49. The maximum absolute atomic E-state index is 4.37. The molecule has 1 fully saturated rings. The number of hydrogen-bond donors (Lipinski definition) is 0. The average Bonchev–Trinajstić information content (AvgIpc) is 2.51. The third kappa shape index (κ3) is 8.73. The summed E-state index contributed by atoms with van der Waals surface area (Å²) in [5.41, 5.74) is 2.62. The lowest BCUT2D eigenvalue weighted by atomic mass is 9.92. The fourth-order valence-electron chi connectivity index (χ4n) is 3.48. The lowest BCUT2D eigenvalue weighted by Crippen LogP contribution is -2.34. The van der Waals surface area contributed by atoms with Crippen molar-refractivity contribution in [3.63, 3.8) is 0 Å². The molecule has 2 heteroatoms. The van der Waals surface area contributed by atoms with Crippen LogP contribution in [0.2, 0.25) is 0 Å². The Morgan fingerprint density at radius 1 is 1.09 bits per heavy atom. The van der Waals surface area contributed by atoms with Gasteiger partial charge in [0.25, 0.3) is 0 Å². The van der Waals surface area contributed by atoms with Gasteiger partial charge in [0.2, 0.25) is 0 Å². The minimum atomic E-state index is 1.02. The van der Waals surface area contributed by atoms with E-state index in [1.54, 1.807) is 0 Å². The van der Waals surface area contributed by atoms with Gasteiger partial charge in [0.05, 0.1) is 0 Å². The van der Waals surface area contributed by atoms with Gasteiger partial charge in [0, 0.05) is 12.8 Å². The van der Waals surface area contributed by atoms with Crippen LogP contribution in [0.25, 0.3) is 0 Å². The molecule has 0 aliphatic carbocycles. The van der Waals surface area contributed by atoms with Crippen molar-refractivity contribution in [3.8, 4) is 0 Å². The minimum Gasteiger partial charge on any atom is -0.303 e. The van der Waals surface area contributed by atoms with Crippen molar-refractivity contribution in [2.24, 2.45) is 10.9 Å². The zero-order valence-electron chi connectivity index (χ0n) is 15.5. The highest BCUT2D eigenvalue weighted by atomic mass is 15.1. The molecular weight excluding hydrogens is 268 g/mol. The van der Waals surface area contributed by atoms with Crippen LogP contribution in [0.4, 0.5) is 0 Å². The van der Waals surface area contributed by atoms with Gasteiger partial charge >= 0.3 is 0 Å². The molecule has 1 saturated heterocycles. The number of allylic oxidation sites excluding steroid dienone is 2. The highest BCUT2D eigenvalue weighted by Crippen LogP contribution is 2.21. The van der Waals surface area contributed by atoms with Crippen molar-refractivity contribution in [2.45, 2.75) is 78.6 Å². The Morgan fingerprint density at radius 2 is 1.77 bits per heavy atom. The van der Waals surface area contributed by atoms with E-state index in [0.29, 0.717) is 0 Å². The number of likely N-dealkylation sites (tertiary alicyclic amines) is 1. The lowest BCUT2D eigenvalue weighted by Gasteiger charge is -2.31. The van der Waals surface area contributed by atoms with Crippen molar-refractivity contribution < 1.29 is 0 Å². The summed E-state index contributed by atoms with van der Waals surface area (Å²) >= 11 is 0. The Morgan fingerprint density at radius 3 is 2.36 bits per heavy atom. The normalized spacial score (nSPS) is 17.7. The molecule has 0 saturated carbocycles. The van der Waals surface area contributed by atoms with E-state index in [-0.39, 0.29) is 0 Å². The summed E-state index contributed by atoms with van der Waals surface area (Å²) in [6, 6.07) is 0. The first-order valence-electron chi connectivity index (χ1n) is 9.48. The standard InChI is InChI=1S/C20H38N2/c1-5-10-19-12-15-22(16-13-19)14-9-7-6-8-11-20(21-4)17-18(2)3/h17,19H,5-16H2,1-4H3. The highest BCUT2D eigenvalue weighted by molar-refractivity contribution is 5.95. The number of hydrogen-bond acceptors (Lipinski definition) is 2. The van der Waals surface area contributed by atoms with Gasteiger partial charge in [0.1, 0.15) is 0 Å². The summed E-state index contributed by atoms with van der Waals surface area (Å²) in [5.74, 6) is 1.02. The van der Waals surface area contributed by atoms with E-state index in [1.807, 2.05) is 7.05 Å². The molecule has 1 rings (SSSR count). The van der Waals surface area contributed by atoms with Crippen molar-refractivity contribution in [3.05, 3.63) is 11.6 Å². The summed E-state index contributed by atoms with van der Waals surface area (Å²) in [4.78, 5) is 7.06. The summed E-state index contributed by atoms with van der Waals surface area (Å²) in [6.45, 7) is 10.6. The Hall–Kier alpha value is -0.630. The Balaban J connectivity index is 2.01. The van der Waals surface area contributed by atoms with Crippen LogP contribution in [0, 0.1) is 5.92 Å². The number of unbranched alkanes of at least 4 members (excludes halogenated alkanes) is 3. The topological polar surface area (TPSA) is 15.6 Å². The molecule has 0 aromatic carbocycles. The third-order valence-corrected chi connectivity index (χ3v) is 4.80. The first-order valence-corrected chi connectivity index (χ1v) is 9.48. The van der Waals surface area contributed by atoms with Crippen LogP contribution in [0.3, 0.4) is 0 Å². The molecule has 0 radical (unpaired) electrons. The fourth-order valence-corrected chi connectivity index (χ4v) is 3.48. The molecule has 0 unspecified atom stereocenters. The second kappa shape index (κ2) is 11.9. The second-order valence-corrected chi connectivity index (χ2v) is 7.17. The third-order valence-electron chi connectivity index (χ3n) is 4.80. The van der Waals surface area contributed by atoms with Crippen molar-refractivity contribution >= 4 is 5.71 Å². The zero-order valence-corrected chi connectivity index (χ0v) is 15.5. The van der Waals surface area contributed by atoms with E-state index in [9.17, 15) is 0 Å². The second-order valence-electron chi connectivity index (χ2n) is 7.17. The van der Waals surface area contributed by atoms with E-state index >= 15 is 0 Å². The number of piperidine rings is 1. The van der Waals surface area contributed by atoms with Gasteiger partial charge in [-0.05, 0) is 77.6 Å². The summed E-state index contributed by atoms with van der Waals surface area (Å²) in [6.07, 6.45) is 14.4. The van der Waals surface area contributed by atoms with Gasteiger partial charge < -0.3 is 4.90 Å². The Bertz CT molecular complexity index is 332. The highest BCUT2D eigenvalue weighted by Gasteiger charge is 2.17. The minimum absolute atomic E-state index is 1.02. The first-order chi connectivity index (χ1) is 10.7. The summed E-state index contributed by atoms with van der Waals surface area (Å²) in [7, 11) is 1.91. The van der Waals surface area contributed by atoms with Crippen molar-refractivity contribution in [1.29, 1.82) is 0 Å². The van der Waals surface area contributed by atoms with E-state index in [2.05, 4.69) is 36.7 Å². The van der Waals surface area contributed by atoms with Gasteiger partial charge in [-0.1, -0.05) is 38.2 Å². The quantitative estimate of drug-likeness (QED) is 0.385. The maximum Gasteiger partial charge on any atom is 0.0344 e. The molecule has 0 N–H and O–H groups in total. The molecule has 1 heterocycles. The predicted molar refractivity (Wildman–Crippen MR) is 99.9 cm³/mol. The van der Waals surface area contributed by atoms with Gasteiger partial charge in [-0.25, -0.2) is 0 Å². The maximum atomic E-state index is 4.37. The van der Waals surface area contributed by atoms with Crippen LogP contribution in [-0.2, 0) is 0 Å². The van der Waals surface area contributed by atoms with E-state index in [0.717, 1.165) is 12.3 Å². The van der Waals surface area contributed by atoms with E-state index < -0.39 is 0 Å². The number of aliphatic imine (C=N–C) groups is 1. The van der Waals surface area contributed by atoms with Gasteiger partial charge in [0.15, 0.2) is 0 Å². The Labute approximate surface area is 139 Å². The number of nitrogens with zero attached hydrogens (tertiary/aromatic N) is 2. The van der Waals surface area contributed by atoms with Gasteiger partial charge in [-0.3, -0.25) is 4.99 Å². The molecule has 0 aromatic heterocycles. The molecule has 1 aliphatic rings. The Kier molecular flexibility index (Phi) is 10.5. The first kappa shape index (κ1) is 19.4. The van der Waals surface area contributed by atoms with Crippen LogP contribution in [-0.4, -0.2) is 37.3 Å². The largest absolute Gasteiger partial charge is 0.303 e. The van der Waals surface area contributed by atoms with Crippen LogP contribution in [0.1, 0.15) is 78.6 Å². The van der Waals surface area contributed by atoms with Crippen molar-refractivity contribution in [2.75, 3.05) is 26.7 Å². The van der Waals surface area contributed by atoms with Crippen LogP contribution in [0.5, 0.6) is 0 Å². The van der Waals surface area contributed by atoms with Gasteiger partial charge in [-0.2, -0.15) is 0 Å². The molecule has 0 spiro atoms. The molecular formula is C20H38N2. The smallest absolute Gasteiger partial charge is 0.0344 e. The van der Waals surface area contributed by atoms with Gasteiger partial charge in [-0.15, -0.1) is 0 Å². The molecule has 0 bridgehead atoms. The van der Waals surface area contributed by atoms with Crippen LogP contribution in [0.15, 0.2) is 16.6 Å². The molecule has 0 aromatic rings. The van der Waals surface area contributed by atoms with E-state index in [4.69, 9.17) is 0 Å². The molecule has 2 nitrogen and oxygen atoms in total. The summed E-state index contributed by atoms with van der Waals surface area (Å²) < 4.78 is 0. The monoisotopic (exact) mass is 306 g/mol. The molecule has 0 amide bonds. The lowest BCUT2D eigenvalue weighted by molar-refractivity contribution is 0.175. The average molecular weight is 307 g/mol. The van der Waals surface area contributed by atoms with Crippen LogP contribution >= 0.6 is 0 Å². The molecule has 0 atom stereocenters. The van der Waals surface area contributed by atoms with Crippen LogP contribution < -0.4 is 0 Å². The van der Waals surface area contributed by atoms with E-state index in [1.165, 1.54) is 82.3 Å². The SMILES string of the molecule is CCCC1CCN(CCCCCCC(C=C(C)C)=NC)CC1. The molecule has 1 aliphatic heterocycles. The molecule has 128 valence electrons. The molecule has 22 heavy (non-hydrogen) atoms. The van der Waals surface area contributed by atoms with Crippen molar-refractivity contribution in [1.82, 2.24) is 4.90 Å². The fraction of sp³-hybridized carbons (Fsp3) is 0.850. The summed E-state index contributed by atoms with van der Waals surface area (Å²) in [5, 5.41) is 0. The number of rotatable bonds is 10. The zero-order chi connectivity index (χ0) is 16.2.